The molecule has 0 aromatic carbocycles. The van der Waals surface area contributed by atoms with Crippen molar-refractivity contribution in [2.45, 2.75) is 13.2 Å². The van der Waals surface area contributed by atoms with Crippen molar-refractivity contribution >= 4 is 31.9 Å². The number of hydrogen-bond acceptors (Lipinski definition) is 4. The lowest BCUT2D eigenvalue weighted by Crippen LogP contribution is -1.87. The molecular weight excluding hydrogens is 376 g/mol. The highest BCUT2D eigenvalue weighted by molar-refractivity contribution is 9.10. The van der Waals surface area contributed by atoms with Crippen molar-refractivity contribution in [2.24, 2.45) is 0 Å². The lowest BCUT2D eigenvalue weighted by Gasteiger charge is -1.97. The highest BCUT2D eigenvalue weighted by atomic mass is 79.9. The van der Waals surface area contributed by atoms with Crippen LogP contribution in [0.5, 0.6) is 0 Å². The monoisotopic (exact) mass is 388 g/mol. The molecule has 6 heteroatoms. The van der Waals surface area contributed by atoms with Crippen LogP contribution in [0, 0.1) is 0 Å². The first kappa shape index (κ1) is 16.2. The lowest BCUT2D eigenvalue weighted by atomic mass is 10.3. The predicted octanol–water partition coefficient (Wildman–Crippen LogP) is 3.33. The fourth-order valence-corrected chi connectivity index (χ4v) is 2.07. The van der Waals surface area contributed by atoms with E-state index in [2.05, 4.69) is 41.8 Å². The molecule has 0 aliphatic heterocycles. The maximum atomic E-state index is 8.60. The van der Waals surface area contributed by atoms with Crippen molar-refractivity contribution in [3.63, 3.8) is 0 Å². The Hall–Kier alpha value is -0.820. The van der Waals surface area contributed by atoms with Gasteiger partial charge in [0.05, 0.1) is 13.2 Å². The molecule has 0 fully saturated rings. The largest absolute Gasteiger partial charge is 0.392 e. The molecule has 1 N–H and O–H groups in total. The average molecular weight is 390 g/mol. The second-order valence-electron chi connectivity index (χ2n) is 3.61. The maximum absolute atomic E-state index is 8.60. The van der Waals surface area contributed by atoms with Crippen molar-refractivity contribution in [3.05, 3.63) is 57.0 Å². The van der Waals surface area contributed by atoms with E-state index in [9.17, 15) is 0 Å². The standard InChI is InChI=1S/C7H8BrNO.C6H6BrNO/c1-10-5-6-2-7(8)4-9-3-6;7-6-1-5(4-9)2-8-3-6/h2-4H,5H2,1H3;1-3,9H,4H2. The molecule has 0 atom stereocenters. The minimum atomic E-state index is 0.0481. The summed E-state index contributed by atoms with van der Waals surface area (Å²) < 4.78 is 6.81. The molecule has 0 saturated carbocycles. The molecule has 0 aliphatic carbocycles. The van der Waals surface area contributed by atoms with Crippen molar-refractivity contribution in [2.75, 3.05) is 7.11 Å². The van der Waals surface area contributed by atoms with Gasteiger partial charge in [-0.15, -0.1) is 0 Å². The minimum absolute atomic E-state index is 0.0481. The van der Waals surface area contributed by atoms with E-state index < -0.39 is 0 Å². The fraction of sp³-hybridized carbons (Fsp3) is 0.231. The smallest absolute Gasteiger partial charge is 0.0728 e. The quantitative estimate of drug-likeness (QED) is 0.874. The molecule has 2 aromatic rings. The Labute approximate surface area is 129 Å². The second-order valence-corrected chi connectivity index (χ2v) is 5.45. The first-order chi connectivity index (χ1) is 9.15. The summed E-state index contributed by atoms with van der Waals surface area (Å²) in [7, 11) is 1.67. The summed E-state index contributed by atoms with van der Waals surface area (Å²) in [5, 5.41) is 8.60. The Morgan fingerprint density at radius 3 is 1.95 bits per heavy atom. The lowest BCUT2D eigenvalue weighted by molar-refractivity contribution is 0.184. The first-order valence-electron chi connectivity index (χ1n) is 5.44. The van der Waals surface area contributed by atoms with Gasteiger partial charge in [-0.1, -0.05) is 0 Å². The molecule has 2 rings (SSSR count). The molecule has 0 saturated heterocycles. The minimum Gasteiger partial charge on any atom is -0.392 e. The van der Waals surface area contributed by atoms with Crippen LogP contribution in [0.15, 0.2) is 45.9 Å². The highest BCUT2D eigenvalue weighted by Crippen LogP contribution is 2.09. The van der Waals surface area contributed by atoms with E-state index in [-0.39, 0.29) is 6.61 Å². The third-order valence-corrected chi connectivity index (χ3v) is 2.88. The third kappa shape index (κ3) is 6.77. The van der Waals surface area contributed by atoms with Gasteiger partial charge < -0.3 is 9.84 Å². The van der Waals surface area contributed by atoms with Gasteiger partial charge in [-0.2, -0.15) is 0 Å². The van der Waals surface area contributed by atoms with Gasteiger partial charge in [0.15, 0.2) is 0 Å². The number of aliphatic hydroxyl groups excluding tert-OH is 1. The van der Waals surface area contributed by atoms with Crippen LogP contribution < -0.4 is 0 Å². The number of hydrogen-bond donors (Lipinski definition) is 1. The molecule has 0 radical (unpaired) electrons. The Bertz CT molecular complexity index is 510. The third-order valence-electron chi connectivity index (χ3n) is 2.02. The Balaban J connectivity index is 0.000000191. The predicted molar refractivity (Wildman–Crippen MR) is 80.5 cm³/mol. The summed E-state index contributed by atoms with van der Waals surface area (Å²) in [6.07, 6.45) is 6.84. The summed E-state index contributed by atoms with van der Waals surface area (Å²) in [6.45, 7) is 0.666. The average Bonchev–Trinajstić information content (AvgIpc) is 2.40. The van der Waals surface area contributed by atoms with Crippen LogP contribution >= 0.6 is 31.9 Å². The van der Waals surface area contributed by atoms with Gasteiger partial charge in [-0.25, -0.2) is 0 Å². The number of aromatic nitrogens is 2. The molecule has 102 valence electrons. The van der Waals surface area contributed by atoms with Gasteiger partial charge >= 0.3 is 0 Å². The number of pyridine rings is 2. The first-order valence-corrected chi connectivity index (χ1v) is 7.03. The van der Waals surface area contributed by atoms with Crippen molar-refractivity contribution in [3.8, 4) is 0 Å². The van der Waals surface area contributed by atoms with Crippen LogP contribution in [0.1, 0.15) is 11.1 Å². The van der Waals surface area contributed by atoms with Crippen LogP contribution in [-0.2, 0) is 18.0 Å². The van der Waals surface area contributed by atoms with Gasteiger partial charge in [-0.3, -0.25) is 9.97 Å². The van der Waals surface area contributed by atoms with E-state index in [1.54, 1.807) is 31.9 Å². The van der Waals surface area contributed by atoms with Gasteiger partial charge in [0.25, 0.3) is 0 Å². The normalized spacial score (nSPS) is 9.68. The Kier molecular flexibility index (Phi) is 7.81. The summed E-state index contributed by atoms with van der Waals surface area (Å²) in [5.74, 6) is 0. The molecule has 0 amide bonds. The van der Waals surface area contributed by atoms with Crippen molar-refractivity contribution < 1.29 is 9.84 Å². The molecular formula is C13H14Br2N2O2. The van der Waals surface area contributed by atoms with Gasteiger partial charge in [0.2, 0.25) is 0 Å². The summed E-state index contributed by atoms with van der Waals surface area (Å²) in [4.78, 5) is 7.82. The number of aliphatic hydroxyl groups is 1. The second kappa shape index (κ2) is 9.14. The maximum Gasteiger partial charge on any atom is 0.0728 e. The van der Waals surface area contributed by atoms with Gasteiger partial charge in [-0.05, 0) is 55.1 Å². The van der Waals surface area contributed by atoms with E-state index in [1.165, 1.54) is 0 Å². The fourth-order valence-electron chi connectivity index (χ4n) is 1.24. The molecule has 2 aromatic heterocycles. The zero-order valence-electron chi connectivity index (χ0n) is 10.4. The van der Waals surface area contributed by atoms with E-state index in [0.29, 0.717) is 6.61 Å². The zero-order valence-corrected chi connectivity index (χ0v) is 13.6. The van der Waals surface area contributed by atoms with Crippen LogP contribution in [0.4, 0.5) is 0 Å². The molecule has 4 nitrogen and oxygen atoms in total. The topological polar surface area (TPSA) is 55.2 Å². The molecule has 0 unspecified atom stereocenters. The highest BCUT2D eigenvalue weighted by Gasteiger charge is 1.91. The Morgan fingerprint density at radius 1 is 1.00 bits per heavy atom. The molecule has 2 heterocycles. The molecule has 0 aliphatic rings. The van der Waals surface area contributed by atoms with E-state index >= 15 is 0 Å². The van der Waals surface area contributed by atoms with Crippen LogP contribution in [0.25, 0.3) is 0 Å². The Morgan fingerprint density at radius 2 is 1.53 bits per heavy atom. The van der Waals surface area contributed by atoms with Gasteiger partial charge in [0.1, 0.15) is 0 Å². The SMILES string of the molecule is COCc1cncc(Br)c1.OCc1cncc(Br)c1. The summed E-state index contributed by atoms with van der Waals surface area (Å²) >= 11 is 6.54. The van der Waals surface area contributed by atoms with E-state index in [4.69, 9.17) is 9.84 Å². The number of ether oxygens (including phenoxy) is 1. The van der Waals surface area contributed by atoms with E-state index in [1.807, 2.05) is 12.1 Å². The number of rotatable bonds is 3. The van der Waals surface area contributed by atoms with Crippen LogP contribution in [0.3, 0.4) is 0 Å². The number of nitrogens with zero attached hydrogens (tertiary/aromatic N) is 2. The van der Waals surface area contributed by atoms with Crippen LogP contribution in [-0.4, -0.2) is 22.2 Å². The van der Waals surface area contributed by atoms with Gasteiger partial charge in [0, 0.05) is 40.8 Å². The molecule has 0 spiro atoms. The van der Waals surface area contributed by atoms with Crippen molar-refractivity contribution in [1.82, 2.24) is 9.97 Å². The number of methoxy groups -OCH3 is 1. The summed E-state index contributed by atoms with van der Waals surface area (Å²) in [6, 6.07) is 3.81. The van der Waals surface area contributed by atoms with Crippen LogP contribution in [0.2, 0.25) is 0 Å². The molecule has 19 heavy (non-hydrogen) atoms. The number of halogens is 2. The van der Waals surface area contributed by atoms with Crippen molar-refractivity contribution in [1.29, 1.82) is 0 Å². The molecule has 0 bridgehead atoms. The zero-order chi connectivity index (χ0) is 14.1. The van der Waals surface area contributed by atoms with E-state index in [0.717, 1.165) is 20.1 Å². The summed E-state index contributed by atoms with van der Waals surface area (Å²) in [5.41, 5.74) is 1.90.